The lowest BCUT2D eigenvalue weighted by atomic mass is 9.83. The quantitative estimate of drug-likeness (QED) is 0.837. The van der Waals surface area contributed by atoms with Gasteiger partial charge in [0.25, 0.3) is 0 Å². The third-order valence-electron chi connectivity index (χ3n) is 5.69. The highest BCUT2D eigenvalue weighted by molar-refractivity contribution is 5.85. The third-order valence-corrected chi connectivity index (χ3v) is 5.69. The first-order valence-corrected chi connectivity index (χ1v) is 9.08. The lowest BCUT2D eigenvalue weighted by molar-refractivity contribution is -0.147. The Hall–Kier alpha value is -1.84. The van der Waals surface area contributed by atoms with Gasteiger partial charge in [0.15, 0.2) is 0 Å². The first-order valence-electron chi connectivity index (χ1n) is 9.08. The molecule has 2 atom stereocenters. The number of rotatable bonds is 2. The van der Waals surface area contributed by atoms with Crippen molar-refractivity contribution < 1.29 is 9.59 Å². The van der Waals surface area contributed by atoms with Gasteiger partial charge in [0, 0.05) is 26.6 Å². The Balaban J connectivity index is 1.84. The van der Waals surface area contributed by atoms with E-state index in [-0.39, 0.29) is 23.8 Å². The van der Waals surface area contributed by atoms with E-state index in [1.807, 2.05) is 11.9 Å². The van der Waals surface area contributed by atoms with Crippen LogP contribution in [0.25, 0.3) is 0 Å². The Morgan fingerprint density at radius 2 is 1.71 bits per heavy atom. The zero-order chi connectivity index (χ0) is 17.3. The molecule has 0 spiro atoms. The number of nitrogens with zero attached hydrogens (tertiary/aromatic N) is 2. The molecule has 2 unspecified atom stereocenters. The van der Waals surface area contributed by atoms with E-state index in [0.717, 1.165) is 31.5 Å². The monoisotopic (exact) mass is 328 g/mol. The lowest BCUT2D eigenvalue weighted by Gasteiger charge is -2.41. The SMILES string of the molecule is Cc1ccc(C2C(C(=O)N3CCC(C)CC3)CCC(=O)N2C)cc1. The highest BCUT2D eigenvalue weighted by atomic mass is 16.2. The molecular formula is C20H28N2O2. The van der Waals surface area contributed by atoms with Crippen molar-refractivity contribution in [2.24, 2.45) is 11.8 Å². The number of aryl methyl sites for hydroxylation is 1. The number of carbonyl (C=O) groups excluding carboxylic acids is 2. The van der Waals surface area contributed by atoms with Gasteiger partial charge in [0.2, 0.25) is 11.8 Å². The van der Waals surface area contributed by atoms with Crippen molar-refractivity contribution in [2.75, 3.05) is 20.1 Å². The van der Waals surface area contributed by atoms with Crippen LogP contribution in [0.5, 0.6) is 0 Å². The second-order valence-electron chi connectivity index (χ2n) is 7.51. The van der Waals surface area contributed by atoms with Gasteiger partial charge in [-0.05, 0) is 37.7 Å². The third kappa shape index (κ3) is 3.33. The molecule has 4 heteroatoms. The number of amides is 2. The molecule has 2 heterocycles. The molecule has 2 saturated heterocycles. The van der Waals surface area contributed by atoms with Crippen LogP contribution in [0.4, 0.5) is 0 Å². The smallest absolute Gasteiger partial charge is 0.228 e. The van der Waals surface area contributed by atoms with Crippen molar-refractivity contribution in [1.29, 1.82) is 0 Å². The summed E-state index contributed by atoms with van der Waals surface area (Å²) in [6.45, 7) is 6.02. The van der Waals surface area contributed by atoms with Crippen LogP contribution in [-0.4, -0.2) is 41.8 Å². The van der Waals surface area contributed by atoms with Crippen LogP contribution in [0.2, 0.25) is 0 Å². The molecule has 0 N–H and O–H groups in total. The number of carbonyl (C=O) groups is 2. The van der Waals surface area contributed by atoms with E-state index in [4.69, 9.17) is 0 Å². The molecule has 2 fully saturated rings. The molecule has 2 aliphatic rings. The second-order valence-corrected chi connectivity index (χ2v) is 7.51. The second kappa shape index (κ2) is 6.96. The molecule has 0 aliphatic carbocycles. The predicted molar refractivity (Wildman–Crippen MR) is 94.4 cm³/mol. The van der Waals surface area contributed by atoms with Gasteiger partial charge in [-0.15, -0.1) is 0 Å². The highest BCUT2D eigenvalue weighted by Crippen LogP contribution is 2.37. The highest BCUT2D eigenvalue weighted by Gasteiger charge is 2.40. The fourth-order valence-corrected chi connectivity index (χ4v) is 3.98. The number of piperidine rings is 2. The van der Waals surface area contributed by atoms with Gasteiger partial charge in [-0.3, -0.25) is 9.59 Å². The normalized spacial score (nSPS) is 25.9. The summed E-state index contributed by atoms with van der Waals surface area (Å²) in [6.07, 6.45) is 3.30. The summed E-state index contributed by atoms with van der Waals surface area (Å²) >= 11 is 0. The van der Waals surface area contributed by atoms with E-state index in [0.29, 0.717) is 18.8 Å². The molecule has 24 heavy (non-hydrogen) atoms. The van der Waals surface area contributed by atoms with Crippen molar-refractivity contribution in [2.45, 2.75) is 45.6 Å². The predicted octanol–water partition coefficient (Wildman–Crippen LogP) is 3.16. The van der Waals surface area contributed by atoms with E-state index in [1.165, 1.54) is 5.56 Å². The summed E-state index contributed by atoms with van der Waals surface area (Å²) in [5.74, 6) is 0.949. The molecule has 3 rings (SSSR count). The maximum Gasteiger partial charge on any atom is 0.228 e. The average molecular weight is 328 g/mol. The van der Waals surface area contributed by atoms with Crippen molar-refractivity contribution >= 4 is 11.8 Å². The maximum atomic E-state index is 13.2. The van der Waals surface area contributed by atoms with Gasteiger partial charge in [0.05, 0.1) is 12.0 Å². The topological polar surface area (TPSA) is 40.6 Å². The molecule has 0 saturated carbocycles. The Morgan fingerprint density at radius 1 is 1.08 bits per heavy atom. The number of benzene rings is 1. The zero-order valence-electron chi connectivity index (χ0n) is 15.0. The Morgan fingerprint density at radius 3 is 2.33 bits per heavy atom. The maximum absolute atomic E-state index is 13.2. The molecule has 2 amide bonds. The van der Waals surface area contributed by atoms with Crippen LogP contribution in [0, 0.1) is 18.8 Å². The van der Waals surface area contributed by atoms with E-state index in [1.54, 1.807) is 4.90 Å². The van der Waals surface area contributed by atoms with Crippen molar-refractivity contribution in [1.82, 2.24) is 9.80 Å². The van der Waals surface area contributed by atoms with E-state index in [2.05, 4.69) is 38.1 Å². The molecule has 4 nitrogen and oxygen atoms in total. The van der Waals surface area contributed by atoms with Gasteiger partial charge < -0.3 is 9.80 Å². The van der Waals surface area contributed by atoms with Crippen LogP contribution in [0.3, 0.4) is 0 Å². The zero-order valence-corrected chi connectivity index (χ0v) is 15.0. The lowest BCUT2D eigenvalue weighted by Crippen LogP contribution is -2.49. The molecule has 130 valence electrons. The van der Waals surface area contributed by atoms with Crippen molar-refractivity contribution in [3.8, 4) is 0 Å². The summed E-state index contributed by atoms with van der Waals surface area (Å²) in [5, 5.41) is 0. The van der Waals surface area contributed by atoms with E-state index < -0.39 is 0 Å². The molecular weight excluding hydrogens is 300 g/mol. The largest absolute Gasteiger partial charge is 0.342 e. The molecule has 0 aromatic heterocycles. The summed E-state index contributed by atoms with van der Waals surface area (Å²) < 4.78 is 0. The molecule has 1 aromatic carbocycles. The number of hydrogen-bond donors (Lipinski definition) is 0. The Labute approximate surface area is 144 Å². The fraction of sp³-hybridized carbons (Fsp3) is 0.600. The van der Waals surface area contributed by atoms with Crippen molar-refractivity contribution in [3.63, 3.8) is 0 Å². The van der Waals surface area contributed by atoms with Gasteiger partial charge >= 0.3 is 0 Å². The number of hydrogen-bond acceptors (Lipinski definition) is 2. The summed E-state index contributed by atoms with van der Waals surface area (Å²) in [7, 11) is 1.84. The molecule has 0 bridgehead atoms. The summed E-state index contributed by atoms with van der Waals surface area (Å²) in [5.41, 5.74) is 2.26. The first-order chi connectivity index (χ1) is 11.5. The minimum atomic E-state index is -0.140. The van der Waals surface area contributed by atoms with Gasteiger partial charge in [-0.25, -0.2) is 0 Å². The van der Waals surface area contributed by atoms with Crippen LogP contribution in [0.15, 0.2) is 24.3 Å². The molecule has 1 aromatic rings. The fourth-order valence-electron chi connectivity index (χ4n) is 3.98. The van der Waals surface area contributed by atoms with Gasteiger partial charge in [-0.2, -0.15) is 0 Å². The Bertz CT molecular complexity index is 603. The van der Waals surface area contributed by atoms with Crippen LogP contribution in [-0.2, 0) is 9.59 Å². The van der Waals surface area contributed by atoms with E-state index in [9.17, 15) is 9.59 Å². The average Bonchev–Trinajstić information content (AvgIpc) is 2.58. The van der Waals surface area contributed by atoms with Crippen LogP contribution >= 0.6 is 0 Å². The van der Waals surface area contributed by atoms with Gasteiger partial charge in [0.1, 0.15) is 0 Å². The minimum absolute atomic E-state index is 0.121. The van der Waals surface area contributed by atoms with E-state index >= 15 is 0 Å². The van der Waals surface area contributed by atoms with Gasteiger partial charge in [-0.1, -0.05) is 36.8 Å². The molecule has 2 aliphatic heterocycles. The molecule has 0 radical (unpaired) electrons. The summed E-state index contributed by atoms with van der Waals surface area (Å²) in [6, 6.07) is 8.11. The Kier molecular flexibility index (Phi) is 4.93. The van der Waals surface area contributed by atoms with Crippen molar-refractivity contribution in [3.05, 3.63) is 35.4 Å². The van der Waals surface area contributed by atoms with Crippen LogP contribution < -0.4 is 0 Å². The summed E-state index contributed by atoms with van der Waals surface area (Å²) in [4.78, 5) is 29.2. The standard InChI is InChI=1S/C20H28N2O2/c1-14-4-6-16(7-5-14)19-17(8-9-18(23)21(19)3)20(24)22-12-10-15(2)11-13-22/h4-7,15,17,19H,8-13H2,1-3H3. The first kappa shape index (κ1) is 17.0. The number of likely N-dealkylation sites (tertiary alicyclic amines) is 2. The minimum Gasteiger partial charge on any atom is -0.342 e. The van der Waals surface area contributed by atoms with Crippen LogP contribution in [0.1, 0.15) is 49.8 Å².